The molecule has 4 heteroatoms. The van der Waals surface area contributed by atoms with Crippen molar-refractivity contribution in [3.8, 4) is 0 Å². The summed E-state index contributed by atoms with van der Waals surface area (Å²) in [4.78, 5) is 8.73. The molecule has 0 aliphatic carbocycles. The molecule has 0 heterocycles. The predicted molar refractivity (Wildman–Crippen MR) is 40.8 cm³/mol. The van der Waals surface area contributed by atoms with Crippen LogP contribution < -0.4 is 0 Å². The molecule has 58 valence electrons. The Morgan fingerprint density at radius 2 is 2.20 bits per heavy atom. The molecule has 0 bridgehead atoms. The molecule has 0 aliphatic rings. The largest absolute Gasteiger partial charge is 0.351 e. The van der Waals surface area contributed by atoms with E-state index in [4.69, 9.17) is 4.89 Å². The van der Waals surface area contributed by atoms with Crippen molar-refractivity contribution >= 4 is 7.60 Å². The monoisotopic (exact) mass is 162 g/mol. The van der Waals surface area contributed by atoms with E-state index in [0.29, 0.717) is 6.42 Å². The molecular formula is C6H11O3P. The van der Waals surface area contributed by atoms with Gasteiger partial charge in [0.25, 0.3) is 0 Å². The van der Waals surface area contributed by atoms with Gasteiger partial charge in [0.2, 0.25) is 0 Å². The minimum absolute atomic E-state index is 0.212. The summed E-state index contributed by atoms with van der Waals surface area (Å²) in [6, 6.07) is 0. The van der Waals surface area contributed by atoms with E-state index in [9.17, 15) is 4.57 Å². The van der Waals surface area contributed by atoms with Gasteiger partial charge in [-0.1, -0.05) is 12.7 Å². The molecule has 0 amide bonds. The van der Waals surface area contributed by atoms with Crippen LogP contribution in [0.5, 0.6) is 0 Å². The number of rotatable bonds is 5. The van der Waals surface area contributed by atoms with E-state index in [1.807, 2.05) is 0 Å². The van der Waals surface area contributed by atoms with Crippen molar-refractivity contribution in [1.29, 1.82) is 0 Å². The number of hydrogen-bond donors (Lipinski definition) is 1. The second kappa shape index (κ2) is 4.45. The average molecular weight is 162 g/mol. The molecule has 0 aromatic heterocycles. The van der Waals surface area contributed by atoms with E-state index in [0.717, 1.165) is 5.82 Å². The summed E-state index contributed by atoms with van der Waals surface area (Å²) in [7, 11) is -3.49. The Hall–Kier alpha value is -0.370. The fourth-order valence-corrected chi connectivity index (χ4v) is 0.792. The van der Waals surface area contributed by atoms with Gasteiger partial charge < -0.3 is 9.42 Å². The smallest absolute Gasteiger partial charge is 0.321 e. The maximum absolute atomic E-state index is 10.6. The third kappa shape index (κ3) is 4.50. The second-order valence-electron chi connectivity index (χ2n) is 1.66. The van der Waals surface area contributed by atoms with Crippen molar-refractivity contribution in [2.24, 2.45) is 0 Å². The normalized spacial score (nSPS) is 15.7. The van der Waals surface area contributed by atoms with E-state index in [1.165, 1.54) is 0 Å². The molecule has 1 atom stereocenters. The molecule has 0 rings (SSSR count). The van der Waals surface area contributed by atoms with E-state index < -0.39 is 7.60 Å². The van der Waals surface area contributed by atoms with Crippen molar-refractivity contribution < 1.29 is 14.0 Å². The average Bonchev–Trinajstić information content (AvgIpc) is 1.89. The zero-order valence-corrected chi connectivity index (χ0v) is 6.59. The third-order valence-electron chi connectivity index (χ3n) is 0.829. The van der Waals surface area contributed by atoms with Gasteiger partial charge in [-0.15, -0.1) is 6.58 Å². The summed E-state index contributed by atoms with van der Waals surface area (Å²) >= 11 is 0. The molecule has 0 saturated heterocycles. The van der Waals surface area contributed by atoms with Gasteiger partial charge in [-0.3, -0.25) is 4.57 Å². The molecule has 0 spiro atoms. The van der Waals surface area contributed by atoms with E-state index in [1.54, 1.807) is 6.08 Å². The zero-order valence-electron chi connectivity index (χ0n) is 5.69. The zero-order chi connectivity index (χ0) is 8.04. The summed E-state index contributed by atoms with van der Waals surface area (Å²) in [5.74, 6) is 0.913. The Balaban J connectivity index is 3.57. The first-order valence-electron chi connectivity index (χ1n) is 2.84. The van der Waals surface area contributed by atoms with Crippen LogP contribution in [0, 0.1) is 0 Å². The van der Waals surface area contributed by atoms with Crippen molar-refractivity contribution in [2.45, 2.75) is 6.42 Å². The van der Waals surface area contributed by atoms with Crippen LogP contribution in [-0.2, 0) is 9.09 Å². The van der Waals surface area contributed by atoms with Crippen molar-refractivity contribution in [3.63, 3.8) is 0 Å². The molecule has 1 unspecified atom stereocenters. The van der Waals surface area contributed by atoms with Crippen LogP contribution in [0.15, 0.2) is 25.1 Å². The van der Waals surface area contributed by atoms with Crippen LogP contribution in [0.1, 0.15) is 6.42 Å². The fraction of sp³-hybridized carbons (Fsp3) is 0.333. The minimum Gasteiger partial charge on any atom is -0.321 e. The fourth-order valence-electron chi connectivity index (χ4n) is 0.320. The molecule has 0 aliphatic heterocycles. The van der Waals surface area contributed by atoms with E-state index in [-0.39, 0.29) is 6.61 Å². The summed E-state index contributed by atoms with van der Waals surface area (Å²) in [5.41, 5.74) is 0. The summed E-state index contributed by atoms with van der Waals surface area (Å²) < 4.78 is 15.2. The minimum atomic E-state index is -3.49. The SMILES string of the molecule is C=CCCOP(=O)(O)C=C. The Morgan fingerprint density at radius 1 is 1.60 bits per heavy atom. The summed E-state index contributed by atoms with van der Waals surface area (Å²) in [6.45, 7) is 6.79. The van der Waals surface area contributed by atoms with Crippen molar-refractivity contribution in [3.05, 3.63) is 25.1 Å². The van der Waals surface area contributed by atoms with E-state index in [2.05, 4.69) is 17.7 Å². The first kappa shape index (κ1) is 9.63. The Morgan fingerprint density at radius 3 is 2.60 bits per heavy atom. The highest BCUT2D eigenvalue weighted by Gasteiger charge is 2.11. The van der Waals surface area contributed by atoms with Gasteiger partial charge in [0, 0.05) is 5.82 Å². The molecule has 0 fully saturated rings. The van der Waals surface area contributed by atoms with Crippen LogP contribution in [0.25, 0.3) is 0 Å². The van der Waals surface area contributed by atoms with Crippen LogP contribution in [0.3, 0.4) is 0 Å². The molecule has 0 saturated carbocycles. The van der Waals surface area contributed by atoms with Crippen LogP contribution in [0.4, 0.5) is 0 Å². The molecule has 0 aromatic rings. The lowest BCUT2D eigenvalue weighted by atomic mass is 10.5. The maximum Gasteiger partial charge on any atom is 0.351 e. The Labute approximate surface area is 60.6 Å². The lowest BCUT2D eigenvalue weighted by Crippen LogP contribution is -1.87. The topological polar surface area (TPSA) is 46.5 Å². The standard InChI is InChI=1S/C6H11O3P/c1-3-5-6-9-10(7,8)4-2/h3-4H,1-2,5-6H2,(H,7,8). The lowest BCUT2D eigenvalue weighted by molar-refractivity contribution is 0.273. The highest BCUT2D eigenvalue weighted by Crippen LogP contribution is 2.42. The summed E-state index contributed by atoms with van der Waals surface area (Å²) in [5, 5.41) is 0. The first-order chi connectivity index (χ1) is 4.62. The van der Waals surface area contributed by atoms with Gasteiger partial charge in [-0.2, -0.15) is 0 Å². The van der Waals surface area contributed by atoms with Gasteiger partial charge in [0.1, 0.15) is 0 Å². The molecule has 3 nitrogen and oxygen atoms in total. The van der Waals surface area contributed by atoms with Gasteiger partial charge in [0.05, 0.1) is 6.61 Å². The maximum atomic E-state index is 10.6. The van der Waals surface area contributed by atoms with Gasteiger partial charge in [-0.25, -0.2) is 0 Å². The molecule has 0 radical (unpaired) electrons. The molecule has 10 heavy (non-hydrogen) atoms. The third-order valence-corrected chi connectivity index (χ3v) is 1.84. The van der Waals surface area contributed by atoms with Gasteiger partial charge in [-0.05, 0) is 6.42 Å². The summed E-state index contributed by atoms with van der Waals surface area (Å²) in [6.07, 6.45) is 2.18. The molecule has 0 aromatic carbocycles. The van der Waals surface area contributed by atoms with Crippen LogP contribution in [0.2, 0.25) is 0 Å². The first-order valence-corrected chi connectivity index (χ1v) is 4.48. The van der Waals surface area contributed by atoms with Crippen molar-refractivity contribution in [1.82, 2.24) is 0 Å². The predicted octanol–water partition coefficient (Wildman–Crippen LogP) is 1.91. The Bertz CT molecular complexity index is 164. The van der Waals surface area contributed by atoms with Gasteiger partial charge >= 0.3 is 7.60 Å². The molecule has 1 N–H and O–H groups in total. The quantitative estimate of drug-likeness (QED) is 0.381. The second-order valence-corrected chi connectivity index (χ2v) is 3.41. The highest BCUT2D eigenvalue weighted by atomic mass is 31.2. The highest BCUT2D eigenvalue weighted by molar-refractivity contribution is 7.56. The lowest BCUT2D eigenvalue weighted by Gasteiger charge is -2.04. The Kier molecular flexibility index (Phi) is 4.28. The molecular weight excluding hydrogens is 151 g/mol. The van der Waals surface area contributed by atoms with Crippen molar-refractivity contribution in [2.75, 3.05) is 6.61 Å². The van der Waals surface area contributed by atoms with Crippen LogP contribution in [-0.4, -0.2) is 11.5 Å². The van der Waals surface area contributed by atoms with E-state index >= 15 is 0 Å². The number of hydrogen-bond acceptors (Lipinski definition) is 2. The van der Waals surface area contributed by atoms with Gasteiger partial charge in [0.15, 0.2) is 0 Å². The van der Waals surface area contributed by atoms with Crippen LogP contribution >= 0.6 is 7.60 Å².